The summed E-state index contributed by atoms with van der Waals surface area (Å²) in [6.07, 6.45) is 1.57. The molecule has 0 spiro atoms. The minimum atomic E-state index is -1.25. The minimum absolute atomic E-state index is 0.289. The number of nitrogens with two attached hydrogens (primary N) is 1. The summed E-state index contributed by atoms with van der Waals surface area (Å²) in [6, 6.07) is 7.98. The lowest BCUT2D eigenvalue weighted by molar-refractivity contribution is 0.498. The maximum atomic E-state index is 13.7. The molecule has 0 aliphatic rings. The molecule has 0 saturated heterocycles. The van der Waals surface area contributed by atoms with Gasteiger partial charge in [-0.05, 0) is 24.3 Å². The molecular weight excluding hydrogens is 279 g/mol. The van der Waals surface area contributed by atoms with Gasteiger partial charge in [-0.2, -0.15) is 0 Å². The number of rotatable bonds is 2. The standard InChI is InChI=1S/C15H10F3N3/c16-8-6-10(17)14(18)13(7-8)21-12-4-3-11(19)15-9(12)2-1-5-20-15/h1-7,21H,19H2. The molecule has 0 atom stereocenters. The highest BCUT2D eigenvalue weighted by molar-refractivity contribution is 5.99. The second-order valence-electron chi connectivity index (χ2n) is 4.48. The molecule has 0 aliphatic heterocycles. The molecule has 2 aromatic carbocycles. The molecule has 21 heavy (non-hydrogen) atoms. The fourth-order valence-electron chi connectivity index (χ4n) is 2.10. The largest absolute Gasteiger partial charge is 0.397 e. The van der Waals surface area contributed by atoms with E-state index in [0.717, 1.165) is 6.07 Å². The average molecular weight is 289 g/mol. The van der Waals surface area contributed by atoms with Crippen molar-refractivity contribution in [1.82, 2.24) is 4.98 Å². The van der Waals surface area contributed by atoms with Crippen molar-refractivity contribution >= 4 is 28.0 Å². The van der Waals surface area contributed by atoms with Crippen LogP contribution < -0.4 is 11.1 Å². The van der Waals surface area contributed by atoms with E-state index in [9.17, 15) is 13.2 Å². The van der Waals surface area contributed by atoms with Gasteiger partial charge in [0.25, 0.3) is 0 Å². The molecule has 1 heterocycles. The summed E-state index contributed by atoms with van der Waals surface area (Å²) in [5.74, 6) is -3.27. The lowest BCUT2D eigenvalue weighted by atomic mass is 10.1. The lowest BCUT2D eigenvalue weighted by Gasteiger charge is -2.12. The van der Waals surface area contributed by atoms with Crippen molar-refractivity contribution in [2.75, 3.05) is 11.1 Å². The van der Waals surface area contributed by atoms with Crippen LogP contribution in [0.3, 0.4) is 0 Å². The highest BCUT2D eigenvalue weighted by Crippen LogP contribution is 2.30. The molecule has 3 nitrogen and oxygen atoms in total. The Morgan fingerprint density at radius 2 is 1.81 bits per heavy atom. The fraction of sp³-hybridized carbons (Fsp3) is 0. The summed E-state index contributed by atoms with van der Waals surface area (Å²) < 4.78 is 40.1. The zero-order valence-electron chi connectivity index (χ0n) is 10.7. The van der Waals surface area contributed by atoms with Gasteiger partial charge >= 0.3 is 0 Å². The first-order valence-electron chi connectivity index (χ1n) is 6.11. The van der Waals surface area contributed by atoms with Gasteiger partial charge in [0.05, 0.1) is 16.9 Å². The first-order valence-corrected chi connectivity index (χ1v) is 6.11. The number of pyridine rings is 1. The van der Waals surface area contributed by atoms with Crippen LogP contribution in [-0.4, -0.2) is 4.98 Å². The zero-order chi connectivity index (χ0) is 15.0. The Hall–Kier alpha value is -2.76. The van der Waals surface area contributed by atoms with Gasteiger partial charge in [0, 0.05) is 29.4 Å². The Bertz CT molecular complexity index is 834. The molecular formula is C15H10F3N3. The molecule has 0 saturated carbocycles. The molecule has 6 heteroatoms. The summed E-state index contributed by atoms with van der Waals surface area (Å²) in [7, 11) is 0. The smallest absolute Gasteiger partial charge is 0.182 e. The van der Waals surface area contributed by atoms with Crippen LogP contribution in [0.5, 0.6) is 0 Å². The van der Waals surface area contributed by atoms with E-state index in [4.69, 9.17) is 5.73 Å². The van der Waals surface area contributed by atoms with Crippen LogP contribution in [0.2, 0.25) is 0 Å². The number of anilines is 3. The SMILES string of the molecule is Nc1ccc(Nc2cc(F)cc(F)c2F)c2cccnc12. The summed E-state index contributed by atoms with van der Waals surface area (Å²) in [4.78, 5) is 4.13. The Labute approximate surface area is 118 Å². The van der Waals surface area contributed by atoms with Crippen molar-refractivity contribution in [2.45, 2.75) is 0 Å². The van der Waals surface area contributed by atoms with Crippen molar-refractivity contribution in [2.24, 2.45) is 0 Å². The Morgan fingerprint density at radius 1 is 1.00 bits per heavy atom. The van der Waals surface area contributed by atoms with Crippen LogP contribution in [-0.2, 0) is 0 Å². The number of benzene rings is 2. The summed E-state index contributed by atoms with van der Waals surface area (Å²) in [5, 5.41) is 3.30. The van der Waals surface area contributed by atoms with E-state index in [1.165, 1.54) is 0 Å². The normalized spacial score (nSPS) is 10.8. The van der Waals surface area contributed by atoms with E-state index >= 15 is 0 Å². The number of hydrogen-bond donors (Lipinski definition) is 2. The molecule has 0 radical (unpaired) electrons. The number of nitrogen functional groups attached to an aromatic ring is 1. The van der Waals surface area contributed by atoms with Gasteiger partial charge in [0.1, 0.15) is 5.82 Å². The fourth-order valence-corrected chi connectivity index (χ4v) is 2.10. The van der Waals surface area contributed by atoms with Gasteiger partial charge in [-0.3, -0.25) is 4.98 Å². The number of hydrogen-bond acceptors (Lipinski definition) is 3. The van der Waals surface area contributed by atoms with Crippen molar-refractivity contribution in [3.8, 4) is 0 Å². The number of fused-ring (bicyclic) bond motifs is 1. The second-order valence-corrected chi connectivity index (χ2v) is 4.48. The molecule has 0 aliphatic carbocycles. The van der Waals surface area contributed by atoms with Gasteiger partial charge in [0.15, 0.2) is 11.6 Å². The maximum absolute atomic E-state index is 13.7. The van der Waals surface area contributed by atoms with Crippen molar-refractivity contribution in [3.05, 3.63) is 60.0 Å². The van der Waals surface area contributed by atoms with Crippen LogP contribution in [0.1, 0.15) is 0 Å². The third-order valence-electron chi connectivity index (χ3n) is 3.06. The molecule has 3 aromatic rings. The van der Waals surface area contributed by atoms with Crippen LogP contribution in [0.25, 0.3) is 10.9 Å². The molecule has 0 amide bonds. The zero-order valence-corrected chi connectivity index (χ0v) is 10.7. The third kappa shape index (κ3) is 2.35. The van der Waals surface area contributed by atoms with Crippen LogP contribution in [0, 0.1) is 17.5 Å². The molecule has 0 unspecified atom stereocenters. The quantitative estimate of drug-likeness (QED) is 0.554. The molecule has 3 N–H and O–H groups in total. The van der Waals surface area contributed by atoms with Crippen LogP contribution >= 0.6 is 0 Å². The van der Waals surface area contributed by atoms with E-state index in [2.05, 4.69) is 10.3 Å². The highest BCUT2D eigenvalue weighted by Gasteiger charge is 2.13. The Kier molecular flexibility index (Phi) is 3.13. The number of halogens is 3. The summed E-state index contributed by atoms with van der Waals surface area (Å²) in [6.45, 7) is 0. The summed E-state index contributed by atoms with van der Waals surface area (Å²) in [5.41, 5.74) is 6.97. The van der Waals surface area contributed by atoms with E-state index < -0.39 is 17.5 Å². The van der Waals surface area contributed by atoms with Gasteiger partial charge in [-0.15, -0.1) is 0 Å². The number of nitrogens with zero attached hydrogens (tertiary/aromatic N) is 1. The minimum Gasteiger partial charge on any atom is -0.397 e. The second kappa shape index (κ2) is 4.97. The van der Waals surface area contributed by atoms with Gasteiger partial charge in [-0.1, -0.05) is 0 Å². The number of nitrogens with one attached hydrogen (secondary N) is 1. The van der Waals surface area contributed by atoms with E-state index in [0.29, 0.717) is 28.3 Å². The van der Waals surface area contributed by atoms with E-state index in [1.54, 1.807) is 30.5 Å². The van der Waals surface area contributed by atoms with E-state index in [1.807, 2.05) is 0 Å². The first kappa shape index (κ1) is 13.2. The average Bonchev–Trinajstić information content (AvgIpc) is 2.47. The predicted octanol–water partition coefficient (Wildman–Crippen LogP) is 3.98. The maximum Gasteiger partial charge on any atom is 0.182 e. The Balaban J connectivity index is 2.13. The number of aromatic nitrogens is 1. The van der Waals surface area contributed by atoms with E-state index in [-0.39, 0.29) is 5.69 Å². The van der Waals surface area contributed by atoms with Crippen LogP contribution in [0.4, 0.5) is 30.2 Å². The monoisotopic (exact) mass is 289 g/mol. The van der Waals surface area contributed by atoms with Gasteiger partial charge in [0.2, 0.25) is 0 Å². The van der Waals surface area contributed by atoms with Crippen LogP contribution in [0.15, 0.2) is 42.6 Å². The van der Waals surface area contributed by atoms with Crippen molar-refractivity contribution in [1.29, 1.82) is 0 Å². The molecule has 106 valence electrons. The van der Waals surface area contributed by atoms with Crippen molar-refractivity contribution in [3.63, 3.8) is 0 Å². The highest BCUT2D eigenvalue weighted by atomic mass is 19.2. The molecule has 0 fully saturated rings. The lowest BCUT2D eigenvalue weighted by Crippen LogP contribution is -2.00. The van der Waals surface area contributed by atoms with Crippen molar-refractivity contribution < 1.29 is 13.2 Å². The topological polar surface area (TPSA) is 50.9 Å². The molecule has 0 bridgehead atoms. The summed E-state index contributed by atoms with van der Waals surface area (Å²) >= 11 is 0. The van der Waals surface area contributed by atoms with Gasteiger partial charge in [-0.25, -0.2) is 13.2 Å². The van der Waals surface area contributed by atoms with Gasteiger partial charge < -0.3 is 11.1 Å². The molecule has 1 aromatic heterocycles. The first-order chi connectivity index (χ1) is 10.1. The molecule has 3 rings (SSSR count). The Morgan fingerprint density at radius 3 is 2.62 bits per heavy atom. The predicted molar refractivity (Wildman–Crippen MR) is 75.8 cm³/mol. The third-order valence-corrected chi connectivity index (χ3v) is 3.06.